The van der Waals surface area contributed by atoms with E-state index in [0.717, 1.165) is 36.7 Å². The van der Waals surface area contributed by atoms with E-state index in [1.54, 1.807) is 6.07 Å². The molecule has 0 fully saturated rings. The summed E-state index contributed by atoms with van der Waals surface area (Å²) in [6.45, 7) is 4.02. The molecule has 5 heteroatoms. The molecule has 3 nitrogen and oxygen atoms in total. The largest absolute Gasteiger partial charge is 0.310 e. The maximum absolute atomic E-state index is 6.40. The Labute approximate surface area is 139 Å². The van der Waals surface area contributed by atoms with E-state index in [-0.39, 0.29) is 0 Å². The molecule has 2 heterocycles. The minimum atomic E-state index is 0.648. The Balaban J connectivity index is 1.92. The lowest BCUT2D eigenvalue weighted by molar-refractivity contribution is 0.603. The summed E-state index contributed by atoms with van der Waals surface area (Å²) in [7, 11) is 0. The summed E-state index contributed by atoms with van der Waals surface area (Å²) in [5, 5.41) is 1.31. The fraction of sp³-hybridized carbons (Fsp3) is 0.235. The van der Waals surface area contributed by atoms with Gasteiger partial charge in [-0.1, -0.05) is 35.3 Å². The number of fused-ring (bicyclic) bond motifs is 3. The fourth-order valence-corrected chi connectivity index (χ4v) is 3.70. The van der Waals surface area contributed by atoms with Gasteiger partial charge in [0.2, 0.25) is 5.95 Å². The van der Waals surface area contributed by atoms with Gasteiger partial charge < -0.3 is 9.47 Å². The van der Waals surface area contributed by atoms with Gasteiger partial charge in [-0.15, -0.1) is 0 Å². The lowest BCUT2D eigenvalue weighted by Gasteiger charge is -2.30. The van der Waals surface area contributed by atoms with Gasteiger partial charge in [-0.25, -0.2) is 4.98 Å². The minimum absolute atomic E-state index is 0.648. The first-order valence-corrected chi connectivity index (χ1v) is 8.09. The van der Waals surface area contributed by atoms with Crippen LogP contribution in [0, 0.1) is 6.92 Å². The molecule has 0 atom stereocenters. The monoisotopic (exact) mass is 331 g/mol. The molecule has 3 aromatic rings. The zero-order chi connectivity index (χ0) is 15.3. The van der Waals surface area contributed by atoms with E-state index in [4.69, 9.17) is 28.2 Å². The molecule has 0 bridgehead atoms. The third kappa shape index (κ3) is 2.08. The van der Waals surface area contributed by atoms with Crippen LogP contribution in [-0.2, 0) is 6.54 Å². The van der Waals surface area contributed by atoms with Crippen LogP contribution in [0.15, 0.2) is 36.4 Å². The molecule has 0 saturated heterocycles. The van der Waals surface area contributed by atoms with Crippen LogP contribution in [0.3, 0.4) is 0 Å². The highest BCUT2D eigenvalue weighted by Gasteiger charge is 2.24. The molecule has 0 aliphatic carbocycles. The standard InChI is InChI=1S/C17H15Cl2N3/c1-11-4-2-5-14-16(11)22-9-3-8-21(17(22)20-14)15-7-6-12(18)10-13(15)19/h2,4-7,10H,3,8-9H2,1H3. The second-order valence-corrected chi connectivity index (χ2v) is 6.45. The molecule has 22 heavy (non-hydrogen) atoms. The highest BCUT2D eigenvalue weighted by Crippen LogP contribution is 2.37. The topological polar surface area (TPSA) is 21.1 Å². The first-order valence-electron chi connectivity index (χ1n) is 7.33. The Morgan fingerprint density at radius 3 is 2.77 bits per heavy atom. The number of rotatable bonds is 1. The van der Waals surface area contributed by atoms with Crippen molar-refractivity contribution in [1.29, 1.82) is 0 Å². The van der Waals surface area contributed by atoms with Crippen LogP contribution in [0.4, 0.5) is 11.6 Å². The van der Waals surface area contributed by atoms with E-state index in [9.17, 15) is 0 Å². The van der Waals surface area contributed by atoms with Crippen molar-refractivity contribution < 1.29 is 0 Å². The first-order chi connectivity index (χ1) is 10.6. The van der Waals surface area contributed by atoms with E-state index < -0.39 is 0 Å². The van der Waals surface area contributed by atoms with Crippen molar-refractivity contribution in [1.82, 2.24) is 9.55 Å². The fourth-order valence-electron chi connectivity index (χ4n) is 3.19. The number of imidazole rings is 1. The molecule has 4 rings (SSSR count). The van der Waals surface area contributed by atoms with Gasteiger partial charge in [0.15, 0.2) is 0 Å². The minimum Gasteiger partial charge on any atom is -0.310 e. The lowest BCUT2D eigenvalue weighted by atomic mass is 10.2. The molecule has 1 aromatic heterocycles. The molecular formula is C17H15Cl2N3. The van der Waals surface area contributed by atoms with Crippen molar-refractivity contribution >= 4 is 45.9 Å². The summed E-state index contributed by atoms with van der Waals surface area (Å²) in [5.74, 6) is 0.958. The van der Waals surface area contributed by atoms with Gasteiger partial charge in [0.05, 0.1) is 21.7 Å². The van der Waals surface area contributed by atoms with Crippen LogP contribution in [0.25, 0.3) is 11.0 Å². The third-order valence-corrected chi connectivity index (χ3v) is 4.69. The van der Waals surface area contributed by atoms with Crippen LogP contribution in [0.2, 0.25) is 10.0 Å². The Bertz CT molecular complexity index is 870. The Morgan fingerprint density at radius 1 is 1.09 bits per heavy atom. The molecule has 112 valence electrons. The number of nitrogens with zero attached hydrogens (tertiary/aromatic N) is 3. The molecule has 0 N–H and O–H groups in total. The van der Waals surface area contributed by atoms with Crippen LogP contribution >= 0.6 is 23.2 Å². The van der Waals surface area contributed by atoms with Crippen molar-refractivity contribution in [2.45, 2.75) is 19.9 Å². The SMILES string of the molecule is Cc1cccc2nc3n(c12)CCCN3c1ccc(Cl)cc1Cl. The van der Waals surface area contributed by atoms with Crippen molar-refractivity contribution in [3.8, 4) is 0 Å². The van der Waals surface area contributed by atoms with Gasteiger partial charge in [0.1, 0.15) is 0 Å². The Kier molecular flexibility index (Phi) is 3.28. The average molecular weight is 332 g/mol. The number of halogens is 2. The van der Waals surface area contributed by atoms with E-state index >= 15 is 0 Å². The second kappa shape index (κ2) is 5.18. The summed E-state index contributed by atoms with van der Waals surface area (Å²) >= 11 is 12.4. The molecule has 0 saturated carbocycles. The van der Waals surface area contributed by atoms with Crippen LogP contribution in [-0.4, -0.2) is 16.1 Å². The summed E-state index contributed by atoms with van der Waals surface area (Å²) in [4.78, 5) is 7.01. The quantitative estimate of drug-likeness (QED) is 0.611. The van der Waals surface area contributed by atoms with Gasteiger partial charge in [-0.05, 0) is 43.2 Å². The average Bonchev–Trinajstić information content (AvgIpc) is 2.87. The molecule has 2 aromatic carbocycles. The number of anilines is 2. The zero-order valence-electron chi connectivity index (χ0n) is 12.2. The number of hydrogen-bond acceptors (Lipinski definition) is 2. The maximum Gasteiger partial charge on any atom is 0.211 e. The predicted molar refractivity (Wildman–Crippen MR) is 92.6 cm³/mol. The summed E-state index contributed by atoms with van der Waals surface area (Å²) in [6.07, 6.45) is 1.06. The normalized spacial score (nSPS) is 14.4. The molecule has 1 aliphatic heterocycles. The van der Waals surface area contributed by atoms with Gasteiger partial charge in [-0.3, -0.25) is 0 Å². The summed E-state index contributed by atoms with van der Waals surface area (Å²) in [6, 6.07) is 11.9. The summed E-state index contributed by atoms with van der Waals surface area (Å²) < 4.78 is 2.29. The predicted octanol–water partition coefficient (Wildman–Crippen LogP) is 5.19. The molecule has 0 spiro atoms. The van der Waals surface area contributed by atoms with E-state index in [1.807, 2.05) is 12.1 Å². The second-order valence-electron chi connectivity index (χ2n) is 5.61. The van der Waals surface area contributed by atoms with Crippen molar-refractivity contribution in [2.75, 3.05) is 11.4 Å². The van der Waals surface area contributed by atoms with E-state index in [2.05, 4.69) is 34.6 Å². The van der Waals surface area contributed by atoms with Crippen molar-refractivity contribution in [3.05, 3.63) is 52.0 Å². The molecule has 0 unspecified atom stereocenters. The molecule has 1 aliphatic rings. The van der Waals surface area contributed by atoms with Crippen LogP contribution in [0.1, 0.15) is 12.0 Å². The molecular weight excluding hydrogens is 317 g/mol. The number of para-hydroxylation sites is 1. The van der Waals surface area contributed by atoms with Gasteiger partial charge >= 0.3 is 0 Å². The Hall–Kier alpha value is -1.71. The number of benzene rings is 2. The lowest BCUT2D eigenvalue weighted by Crippen LogP contribution is -2.28. The number of hydrogen-bond donors (Lipinski definition) is 0. The highest BCUT2D eigenvalue weighted by atomic mass is 35.5. The van der Waals surface area contributed by atoms with Crippen LogP contribution < -0.4 is 4.90 Å². The maximum atomic E-state index is 6.40. The first kappa shape index (κ1) is 13.9. The van der Waals surface area contributed by atoms with Gasteiger partial charge in [-0.2, -0.15) is 0 Å². The smallest absolute Gasteiger partial charge is 0.211 e. The van der Waals surface area contributed by atoms with Crippen LogP contribution in [0.5, 0.6) is 0 Å². The van der Waals surface area contributed by atoms with Crippen molar-refractivity contribution in [2.24, 2.45) is 0 Å². The highest BCUT2D eigenvalue weighted by molar-refractivity contribution is 6.36. The zero-order valence-corrected chi connectivity index (χ0v) is 13.7. The van der Waals surface area contributed by atoms with E-state index in [0.29, 0.717) is 10.0 Å². The molecule has 0 amide bonds. The molecule has 0 radical (unpaired) electrons. The van der Waals surface area contributed by atoms with Crippen molar-refractivity contribution in [3.63, 3.8) is 0 Å². The third-order valence-electron chi connectivity index (χ3n) is 4.15. The number of aromatic nitrogens is 2. The summed E-state index contributed by atoms with van der Waals surface area (Å²) in [5.41, 5.74) is 4.46. The van der Waals surface area contributed by atoms with Gasteiger partial charge in [0.25, 0.3) is 0 Å². The number of aryl methyl sites for hydroxylation is 2. The Morgan fingerprint density at radius 2 is 1.95 bits per heavy atom. The van der Waals surface area contributed by atoms with E-state index in [1.165, 1.54) is 11.1 Å². The van der Waals surface area contributed by atoms with Gasteiger partial charge in [0, 0.05) is 18.1 Å².